The van der Waals surface area contributed by atoms with Gasteiger partial charge in [-0.1, -0.05) is 45.8 Å². The van der Waals surface area contributed by atoms with Gasteiger partial charge in [0.2, 0.25) is 0 Å². The van der Waals surface area contributed by atoms with Crippen molar-refractivity contribution in [1.29, 1.82) is 0 Å². The second-order valence-corrected chi connectivity index (χ2v) is 24.8. The van der Waals surface area contributed by atoms with Gasteiger partial charge >= 0.3 is 0 Å². The molecule has 2 rings (SSSR count). The van der Waals surface area contributed by atoms with E-state index in [1.54, 1.807) is 0 Å². The van der Waals surface area contributed by atoms with Gasteiger partial charge in [0.1, 0.15) is 8.80 Å². The number of hydrogen-bond acceptors (Lipinski definition) is 2. The lowest BCUT2D eigenvalue weighted by Crippen LogP contribution is -2.77. The molecule has 2 atom stereocenters. The standard InChI is InChI=1S/C17H38O2Si3/c1-20(16(21(2,3)4)12-8-10-14-18-16)17(22(5,6)7)13-9-11-15-19-17/h20H,8-15H2,1-7H3. The van der Waals surface area contributed by atoms with E-state index in [0.717, 1.165) is 13.2 Å². The molecule has 0 radical (unpaired) electrons. The molecule has 2 saturated heterocycles. The molecule has 2 aliphatic heterocycles. The van der Waals surface area contributed by atoms with Gasteiger partial charge in [0.25, 0.3) is 0 Å². The summed E-state index contributed by atoms with van der Waals surface area (Å²) >= 11 is 0. The highest BCUT2D eigenvalue weighted by molar-refractivity contribution is 7.00. The van der Waals surface area contributed by atoms with E-state index in [2.05, 4.69) is 45.8 Å². The Labute approximate surface area is 142 Å². The smallest absolute Gasteiger partial charge is 0.102 e. The van der Waals surface area contributed by atoms with Crippen molar-refractivity contribution < 1.29 is 9.47 Å². The molecule has 0 N–H and O–H groups in total. The molecule has 0 aromatic heterocycles. The zero-order valence-corrected chi connectivity index (χ0v) is 19.2. The molecule has 0 saturated carbocycles. The second kappa shape index (κ2) is 6.47. The molecular weight excluding hydrogens is 320 g/mol. The molecule has 0 bridgehead atoms. The zero-order valence-electron chi connectivity index (χ0n) is 16.1. The van der Waals surface area contributed by atoms with Crippen molar-refractivity contribution in [2.75, 3.05) is 13.2 Å². The Kier molecular flexibility index (Phi) is 5.56. The average molecular weight is 359 g/mol. The van der Waals surface area contributed by atoms with E-state index in [9.17, 15) is 0 Å². The quantitative estimate of drug-likeness (QED) is 0.686. The van der Waals surface area contributed by atoms with Crippen molar-refractivity contribution in [1.82, 2.24) is 0 Å². The third kappa shape index (κ3) is 3.08. The van der Waals surface area contributed by atoms with Gasteiger partial charge in [0.05, 0.1) is 16.1 Å². The highest BCUT2D eigenvalue weighted by Crippen LogP contribution is 2.46. The first kappa shape index (κ1) is 18.9. The highest BCUT2D eigenvalue weighted by atomic mass is 28.4. The maximum atomic E-state index is 6.73. The van der Waals surface area contributed by atoms with Gasteiger partial charge in [0, 0.05) is 22.9 Å². The van der Waals surface area contributed by atoms with Crippen LogP contribution < -0.4 is 0 Å². The fourth-order valence-electron chi connectivity index (χ4n) is 5.17. The molecule has 2 aliphatic rings. The summed E-state index contributed by atoms with van der Waals surface area (Å²) in [6, 6.07) is 0. The first-order valence-corrected chi connectivity index (χ1v) is 18.7. The van der Waals surface area contributed by atoms with Crippen LogP contribution >= 0.6 is 0 Å². The van der Waals surface area contributed by atoms with Crippen molar-refractivity contribution in [3.63, 3.8) is 0 Å². The summed E-state index contributed by atoms with van der Waals surface area (Å²) in [7, 11) is -4.00. The topological polar surface area (TPSA) is 18.5 Å². The van der Waals surface area contributed by atoms with Gasteiger partial charge in [-0.15, -0.1) is 0 Å². The predicted molar refractivity (Wildman–Crippen MR) is 105 cm³/mol. The van der Waals surface area contributed by atoms with E-state index in [1.807, 2.05) is 0 Å². The van der Waals surface area contributed by atoms with Crippen LogP contribution in [0, 0.1) is 0 Å². The number of hydrogen-bond donors (Lipinski definition) is 0. The highest BCUT2D eigenvalue weighted by Gasteiger charge is 2.61. The molecule has 2 nitrogen and oxygen atoms in total. The summed E-state index contributed by atoms with van der Waals surface area (Å²) in [6.07, 6.45) is 7.87. The van der Waals surface area contributed by atoms with Crippen molar-refractivity contribution in [3.05, 3.63) is 0 Å². The molecular formula is C17H38O2Si3. The Bertz CT molecular complexity index is 336. The van der Waals surface area contributed by atoms with E-state index in [0.29, 0.717) is 0 Å². The first-order chi connectivity index (χ1) is 10.1. The molecule has 22 heavy (non-hydrogen) atoms. The van der Waals surface area contributed by atoms with Crippen LogP contribution in [-0.2, 0) is 9.47 Å². The lowest BCUT2D eigenvalue weighted by molar-refractivity contribution is -0.00723. The molecule has 2 unspecified atom stereocenters. The molecule has 130 valence electrons. The van der Waals surface area contributed by atoms with E-state index in [-0.39, 0.29) is 9.70 Å². The maximum absolute atomic E-state index is 6.73. The Hall–Kier alpha value is 0.571. The zero-order chi connectivity index (χ0) is 16.6. The summed E-state index contributed by atoms with van der Waals surface area (Å²) in [4.78, 5) is 0.478. The van der Waals surface area contributed by atoms with Crippen LogP contribution in [0.4, 0.5) is 0 Å². The molecule has 0 spiro atoms. The second-order valence-electron chi connectivity index (χ2n) is 9.61. The normalized spacial score (nSPS) is 36.1. The largest absolute Gasteiger partial charge is 0.382 e. The molecule has 2 fully saturated rings. The van der Waals surface area contributed by atoms with Crippen molar-refractivity contribution >= 4 is 24.9 Å². The molecule has 0 aromatic carbocycles. The van der Waals surface area contributed by atoms with Gasteiger partial charge in [-0.05, 0) is 38.5 Å². The van der Waals surface area contributed by atoms with Gasteiger partial charge in [-0.2, -0.15) is 0 Å². The molecule has 0 aliphatic carbocycles. The summed E-state index contributed by atoms with van der Waals surface area (Å²) in [5.74, 6) is 0. The molecule has 5 heteroatoms. The van der Waals surface area contributed by atoms with Crippen LogP contribution in [-0.4, -0.2) is 47.9 Å². The van der Waals surface area contributed by atoms with Gasteiger partial charge in [-0.25, -0.2) is 0 Å². The van der Waals surface area contributed by atoms with Gasteiger partial charge < -0.3 is 9.47 Å². The maximum Gasteiger partial charge on any atom is 0.102 e. The van der Waals surface area contributed by atoms with Crippen LogP contribution in [0.25, 0.3) is 0 Å². The molecule has 2 heterocycles. The van der Waals surface area contributed by atoms with Crippen LogP contribution in [0.3, 0.4) is 0 Å². The lowest BCUT2D eigenvalue weighted by atomic mass is 10.2. The van der Waals surface area contributed by atoms with Crippen LogP contribution in [0.5, 0.6) is 0 Å². The van der Waals surface area contributed by atoms with Crippen molar-refractivity contribution in [2.24, 2.45) is 0 Å². The fourth-order valence-corrected chi connectivity index (χ4v) is 23.1. The van der Waals surface area contributed by atoms with Gasteiger partial charge in [0.15, 0.2) is 0 Å². The van der Waals surface area contributed by atoms with Crippen LogP contribution in [0.2, 0.25) is 45.8 Å². The molecule has 0 aromatic rings. The van der Waals surface area contributed by atoms with Crippen molar-refractivity contribution in [3.8, 4) is 0 Å². The minimum Gasteiger partial charge on any atom is -0.382 e. The predicted octanol–water partition coefficient (Wildman–Crippen LogP) is 4.56. The van der Waals surface area contributed by atoms with E-state index < -0.39 is 24.9 Å². The van der Waals surface area contributed by atoms with E-state index >= 15 is 0 Å². The lowest BCUT2D eigenvalue weighted by Gasteiger charge is -2.59. The summed E-state index contributed by atoms with van der Waals surface area (Å²) < 4.78 is 13.5. The third-order valence-corrected chi connectivity index (χ3v) is 23.9. The first-order valence-electron chi connectivity index (χ1n) is 9.35. The minimum absolute atomic E-state index is 0.239. The van der Waals surface area contributed by atoms with Crippen molar-refractivity contribution in [2.45, 2.75) is 94.0 Å². The molecule has 0 amide bonds. The average Bonchev–Trinajstić information content (AvgIpc) is 2.45. The summed E-state index contributed by atoms with van der Waals surface area (Å²) in [5.41, 5.74) is 0. The minimum atomic E-state index is -1.40. The Morgan fingerprint density at radius 3 is 1.27 bits per heavy atom. The summed E-state index contributed by atoms with van der Waals surface area (Å²) in [5, 5.41) is 0. The fraction of sp³-hybridized carbons (Fsp3) is 1.00. The van der Waals surface area contributed by atoms with E-state index in [4.69, 9.17) is 9.47 Å². The monoisotopic (exact) mass is 358 g/mol. The van der Waals surface area contributed by atoms with Crippen LogP contribution in [0.15, 0.2) is 0 Å². The number of rotatable bonds is 4. The SMILES string of the molecule is C[SiH](C1([Si](C)(C)C)CCCCO1)C1([Si](C)(C)C)CCCCO1. The Morgan fingerprint density at radius 1 is 0.682 bits per heavy atom. The van der Waals surface area contributed by atoms with Crippen LogP contribution in [0.1, 0.15) is 38.5 Å². The Balaban J connectivity index is 2.45. The Morgan fingerprint density at radius 2 is 1.05 bits per heavy atom. The van der Waals surface area contributed by atoms with E-state index in [1.165, 1.54) is 38.5 Å². The number of ether oxygens (including phenoxy) is 2. The van der Waals surface area contributed by atoms with Gasteiger partial charge in [-0.3, -0.25) is 0 Å². The third-order valence-electron chi connectivity index (χ3n) is 6.54. The summed E-state index contributed by atoms with van der Waals surface area (Å²) in [6.45, 7) is 19.9.